The molecule has 0 amide bonds. The van der Waals surface area contributed by atoms with Crippen molar-refractivity contribution < 1.29 is 13.9 Å². The van der Waals surface area contributed by atoms with Crippen molar-refractivity contribution in [3.63, 3.8) is 0 Å². The van der Waals surface area contributed by atoms with E-state index in [4.69, 9.17) is 13.9 Å². The molecule has 0 saturated carbocycles. The summed E-state index contributed by atoms with van der Waals surface area (Å²) in [5, 5.41) is 8.08. The molecule has 6 heteroatoms. The molecule has 1 aliphatic rings. The number of hydrogen-bond acceptors (Lipinski definition) is 6. The normalized spacial score (nSPS) is 13.1. The van der Waals surface area contributed by atoms with Gasteiger partial charge in [0.2, 0.25) is 5.89 Å². The van der Waals surface area contributed by atoms with Crippen LogP contribution in [0, 0.1) is 0 Å². The molecule has 4 rings (SSSR count). The minimum absolute atomic E-state index is 0.389. The molecule has 0 unspecified atom stereocenters. The fourth-order valence-electron chi connectivity index (χ4n) is 2.11. The maximum absolute atomic E-state index is 5.67. The third-order valence-electron chi connectivity index (χ3n) is 3.10. The van der Waals surface area contributed by atoms with Crippen LogP contribution in [0.2, 0.25) is 0 Å². The largest absolute Gasteiger partial charge is 0.486 e. The number of aromatic nitrogens is 3. The third kappa shape index (κ3) is 2.20. The van der Waals surface area contributed by atoms with Crippen molar-refractivity contribution in [2.45, 2.75) is 0 Å². The van der Waals surface area contributed by atoms with Gasteiger partial charge in [-0.3, -0.25) is 4.98 Å². The van der Waals surface area contributed by atoms with Gasteiger partial charge in [0.1, 0.15) is 18.9 Å². The van der Waals surface area contributed by atoms with Crippen LogP contribution in [0.3, 0.4) is 0 Å². The predicted octanol–water partition coefficient (Wildman–Crippen LogP) is 2.57. The molecule has 1 aromatic carbocycles. The summed E-state index contributed by atoms with van der Waals surface area (Å²) < 4.78 is 16.7. The summed E-state index contributed by atoms with van der Waals surface area (Å²) in [6, 6.07) is 11.1. The Balaban J connectivity index is 1.70. The standard InChI is InChI=1S/C15H11N3O3/c1-2-6-16-11(3-1)15-18-17-14(21-15)10-4-5-12-13(9-10)20-8-7-19-12/h1-6,9H,7-8H2. The molecule has 104 valence electrons. The van der Waals surface area contributed by atoms with E-state index in [9.17, 15) is 0 Å². The van der Waals surface area contributed by atoms with Gasteiger partial charge in [0, 0.05) is 11.8 Å². The zero-order valence-corrected chi connectivity index (χ0v) is 11.0. The third-order valence-corrected chi connectivity index (χ3v) is 3.10. The highest BCUT2D eigenvalue weighted by Gasteiger charge is 2.16. The van der Waals surface area contributed by atoms with Crippen molar-refractivity contribution in [2.24, 2.45) is 0 Å². The minimum atomic E-state index is 0.389. The first-order chi connectivity index (χ1) is 10.4. The molecule has 0 atom stereocenters. The highest BCUT2D eigenvalue weighted by atomic mass is 16.6. The van der Waals surface area contributed by atoms with Crippen molar-refractivity contribution in [2.75, 3.05) is 13.2 Å². The number of hydrogen-bond donors (Lipinski definition) is 0. The summed E-state index contributed by atoms with van der Waals surface area (Å²) in [6.45, 7) is 1.11. The Morgan fingerprint density at radius 3 is 2.57 bits per heavy atom. The molecule has 0 spiro atoms. The van der Waals surface area contributed by atoms with E-state index in [0.717, 1.165) is 11.3 Å². The molecular weight excluding hydrogens is 270 g/mol. The maximum Gasteiger partial charge on any atom is 0.266 e. The Bertz CT molecular complexity index is 771. The number of rotatable bonds is 2. The van der Waals surface area contributed by atoms with Gasteiger partial charge in [-0.1, -0.05) is 6.07 Å². The van der Waals surface area contributed by atoms with E-state index in [1.54, 1.807) is 6.20 Å². The number of fused-ring (bicyclic) bond motifs is 1. The lowest BCUT2D eigenvalue weighted by atomic mass is 10.2. The molecule has 0 N–H and O–H groups in total. The minimum Gasteiger partial charge on any atom is -0.486 e. The summed E-state index contributed by atoms with van der Waals surface area (Å²) >= 11 is 0. The van der Waals surface area contributed by atoms with Crippen LogP contribution in [0.4, 0.5) is 0 Å². The molecule has 3 aromatic rings. The van der Waals surface area contributed by atoms with E-state index in [2.05, 4.69) is 15.2 Å². The van der Waals surface area contributed by atoms with Crippen molar-refractivity contribution >= 4 is 0 Å². The van der Waals surface area contributed by atoms with Crippen LogP contribution in [-0.4, -0.2) is 28.4 Å². The highest BCUT2D eigenvalue weighted by molar-refractivity contribution is 5.61. The summed E-state index contributed by atoms with van der Waals surface area (Å²) in [7, 11) is 0. The fraction of sp³-hybridized carbons (Fsp3) is 0.133. The predicted molar refractivity (Wildman–Crippen MR) is 74.0 cm³/mol. The van der Waals surface area contributed by atoms with Crippen LogP contribution >= 0.6 is 0 Å². The second-order valence-corrected chi connectivity index (χ2v) is 4.49. The van der Waals surface area contributed by atoms with Gasteiger partial charge in [-0.2, -0.15) is 0 Å². The Labute approximate surface area is 120 Å². The maximum atomic E-state index is 5.67. The summed E-state index contributed by atoms with van der Waals surface area (Å²) in [6.07, 6.45) is 1.68. The number of ether oxygens (including phenoxy) is 2. The second-order valence-electron chi connectivity index (χ2n) is 4.49. The van der Waals surface area contributed by atoms with E-state index >= 15 is 0 Å². The quantitative estimate of drug-likeness (QED) is 0.719. The van der Waals surface area contributed by atoms with E-state index in [1.807, 2.05) is 36.4 Å². The Morgan fingerprint density at radius 2 is 1.71 bits per heavy atom. The van der Waals surface area contributed by atoms with Gasteiger partial charge in [0.25, 0.3) is 5.89 Å². The van der Waals surface area contributed by atoms with Crippen LogP contribution < -0.4 is 9.47 Å². The van der Waals surface area contributed by atoms with Crippen molar-refractivity contribution in [1.29, 1.82) is 0 Å². The van der Waals surface area contributed by atoms with Crippen LogP contribution in [0.5, 0.6) is 11.5 Å². The van der Waals surface area contributed by atoms with Gasteiger partial charge in [0.05, 0.1) is 0 Å². The average molecular weight is 281 g/mol. The van der Waals surface area contributed by atoms with Gasteiger partial charge in [-0.05, 0) is 30.3 Å². The zero-order valence-electron chi connectivity index (χ0n) is 11.0. The SMILES string of the molecule is c1ccc(-c2nnc(-c3ccc4c(c3)OCCO4)o2)nc1. The van der Waals surface area contributed by atoms with E-state index in [1.165, 1.54) is 0 Å². The summed E-state index contributed by atoms with van der Waals surface area (Å²) in [5.41, 5.74) is 1.43. The molecular formula is C15H11N3O3. The lowest BCUT2D eigenvalue weighted by molar-refractivity contribution is 0.171. The van der Waals surface area contributed by atoms with Crippen LogP contribution in [-0.2, 0) is 0 Å². The highest BCUT2D eigenvalue weighted by Crippen LogP contribution is 2.34. The average Bonchev–Trinajstić information content (AvgIpc) is 3.05. The Hall–Kier alpha value is -2.89. The lowest BCUT2D eigenvalue weighted by Crippen LogP contribution is -2.15. The summed E-state index contributed by atoms with van der Waals surface area (Å²) in [5.74, 6) is 2.24. The second kappa shape index (κ2) is 4.90. The Kier molecular flexibility index (Phi) is 2.77. The number of benzene rings is 1. The van der Waals surface area contributed by atoms with Crippen molar-refractivity contribution in [3.8, 4) is 34.5 Å². The Morgan fingerprint density at radius 1 is 0.857 bits per heavy atom. The van der Waals surface area contributed by atoms with Crippen molar-refractivity contribution in [3.05, 3.63) is 42.6 Å². The van der Waals surface area contributed by atoms with Gasteiger partial charge in [0.15, 0.2) is 11.5 Å². The molecule has 0 radical (unpaired) electrons. The first-order valence-electron chi connectivity index (χ1n) is 6.55. The van der Waals surface area contributed by atoms with Crippen LogP contribution in [0.25, 0.3) is 23.0 Å². The zero-order chi connectivity index (χ0) is 14.1. The molecule has 1 aliphatic heterocycles. The van der Waals surface area contributed by atoms with Crippen LogP contribution in [0.15, 0.2) is 47.0 Å². The van der Waals surface area contributed by atoms with Gasteiger partial charge in [-0.25, -0.2) is 0 Å². The lowest BCUT2D eigenvalue weighted by Gasteiger charge is -2.18. The molecule has 6 nitrogen and oxygen atoms in total. The number of pyridine rings is 1. The summed E-state index contributed by atoms with van der Waals surface area (Å²) in [4.78, 5) is 4.19. The van der Waals surface area contributed by atoms with E-state index in [0.29, 0.717) is 36.4 Å². The topological polar surface area (TPSA) is 70.3 Å². The first-order valence-corrected chi connectivity index (χ1v) is 6.55. The van der Waals surface area contributed by atoms with Gasteiger partial charge >= 0.3 is 0 Å². The molecule has 0 saturated heterocycles. The van der Waals surface area contributed by atoms with Crippen LogP contribution in [0.1, 0.15) is 0 Å². The monoisotopic (exact) mass is 281 g/mol. The van der Waals surface area contributed by atoms with E-state index in [-0.39, 0.29) is 0 Å². The molecule has 3 heterocycles. The molecule has 0 aliphatic carbocycles. The fourth-order valence-corrected chi connectivity index (χ4v) is 2.11. The molecule has 21 heavy (non-hydrogen) atoms. The van der Waals surface area contributed by atoms with Gasteiger partial charge < -0.3 is 13.9 Å². The van der Waals surface area contributed by atoms with Crippen molar-refractivity contribution in [1.82, 2.24) is 15.2 Å². The molecule has 0 fully saturated rings. The smallest absolute Gasteiger partial charge is 0.266 e. The molecule has 0 bridgehead atoms. The van der Waals surface area contributed by atoms with Gasteiger partial charge in [-0.15, -0.1) is 10.2 Å². The number of nitrogens with zero attached hydrogens (tertiary/aromatic N) is 3. The first kappa shape index (κ1) is 11.9. The van der Waals surface area contributed by atoms with E-state index < -0.39 is 0 Å². The molecule has 2 aromatic heterocycles.